The molecule has 2 aromatic rings. The Labute approximate surface area is 168 Å². The molecule has 0 N–H and O–H groups in total. The van der Waals surface area contributed by atoms with E-state index in [4.69, 9.17) is 16.4 Å². The van der Waals surface area contributed by atoms with Gasteiger partial charge in [-0.3, -0.25) is 14.4 Å². The number of rotatable bonds is 2. The topological polar surface area (TPSA) is 49.9 Å². The third-order valence-electron chi connectivity index (χ3n) is 6.25. The Bertz CT molecular complexity index is 909. The van der Waals surface area contributed by atoms with E-state index in [0.29, 0.717) is 10.7 Å². The number of para-hydroxylation sites is 1. The van der Waals surface area contributed by atoms with Gasteiger partial charge in [-0.15, -0.1) is 0 Å². The normalized spacial score (nSPS) is 26.2. The first-order chi connectivity index (χ1) is 13.6. The number of benzene rings is 2. The summed E-state index contributed by atoms with van der Waals surface area (Å²) in [5.41, 5.74) is 0.977. The number of nitrogens with zero attached hydrogens (tertiary/aromatic N) is 2. The van der Waals surface area contributed by atoms with Crippen molar-refractivity contribution in [1.82, 2.24) is 0 Å². The molecule has 2 heterocycles. The van der Waals surface area contributed by atoms with Crippen LogP contribution in [0.1, 0.15) is 32.1 Å². The highest BCUT2D eigenvalue weighted by Crippen LogP contribution is 2.52. The van der Waals surface area contributed by atoms with E-state index in [0.717, 1.165) is 37.8 Å². The van der Waals surface area contributed by atoms with Crippen LogP contribution in [0, 0.1) is 5.92 Å². The molecule has 0 aromatic heterocycles. The van der Waals surface area contributed by atoms with E-state index in [2.05, 4.69) is 0 Å². The van der Waals surface area contributed by atoms with E-state index in [9.17, 15) is 9.59 Å². The van der Waals surface area contributed by atoms with Crippen LogP contribution in [-0.2, 0) is 14.4 Å². The highest BCUT2D eigenvalue weighted by molar-refractivity contribution is 6.31. The number of carbonyl (C=O) groups excluding carboxylic acids is 2. The lowest BCUT2D eigenvalue weighted by atomic mass is 9.71. The molecule has 5 rings (SSSR count). The number of carbonyl (C=O) groups is 2. The van der Waals surface area contributed by atoms with Crippen molar-refractivity contribution < 1.29 is 14.4 Å². The number of hydrogen-bond acceptors (Lipinski definition) is 4. The molecule has 6 heteroatoms. The average Bonchev–Trinajstić information content (AvgIpc) is 3.17. The number of amides is 2. The van der Waals surface area contributed by atoms with Gasteiger partial charge in [0.15, 0.2) is 6.10 Å². The zero-order valence-electron chi connectivity index (χ0n) is 15.4. The fourth-order valence-corrected chi connectivity index (χ4v) is 5.14. The smallest absolute Gasteiger partial charge is 0.266 e. The van der Waals surface area contributed by atoms with Crippen molar-refractivity contribution in [3.05, 3.63) is 59.6 Å². The number of hydroxylamine groups is 1. The lowest BCUT2D eigenvalue weighted by Gasteiger charge is -2.43. The summed E-state index contributed by atoms with van der Waals surface area (Å²) < 4.78 is 0. The van der Waals surface area contributed by atoms with Gasteiger partial charge >= 0.3 is 0 Å². The van der Waals surface area contributed by atoms with Crippen LogP contribution in [0.5, 0.6) is 0 Å². The molecule has 144 valence electrons. The first kappa shape index (κ1) is 17.7. The maximum Gasteiger partial charge on any atom is 0.266 e. The number of anilines is 2. The van der Waals surface area contributed by atoms with E-state index in [1.807, 2.05) is 35.4 Å². The van der Waals surface area contributed by atoms with Crippen molar-refractivity contribution in [2.24, 2.45) is 5.92 Å². The lowest BCUT2D eigenvalue weighted by molar-refractivity contribution is -0.126. The molecule has 1 saturated carbocycles. The van der Waals surface area contributed by atoms with Crippen LogP contribution < -0.4 is 9.96 Å². The van der Waals surface area contributed by atoms with E-state index in [1.54, 1.807) is 24.3 Å². The predicted octanol–water partition coefficient (Wildman–Crippen LogP) is 4.35. The van der Waals surface area contributed by atoms with E-state index in [1.165, 1.54) is 4.90 Å². The molecule has 0 bridgehead atoms. The van der Waals surface area contributed by atoms with Crippen LogP contribution in [0.2, 0.25) is 5.02 Å². The Kier molecular flexibility index (Phi) is 4.18. The van der Waals surface area contributed by atoms with Gasteiger partial charge in [-0.1, -0.05) is 49.1 Å². The summed E-state index contributed by atoms with van der Waals surface area (Å²) >= 11 is 5.97. The zero-order valence-corrected chi connectivity index (χ0v) is 16.1. The summed E-state index contributed by atoms with van der Waals surface area (Å²) in [6.07, 6.45) is 4.11. The molecule has 0 unspecified atom stereocenters. The van der Waals surface area contributed by atoms with Crippen molar-refractivity contribution in [3.63, 3.8) is 0 Å². The summed E-state index contributed by atoms with van der Waals surface area (Å²) in [6.45, 7) is 0. The van der Waals surface area contributed by atoms with E-state index < -0.39 is 17.6 Å². The summed E-state index contributed by atoms with van der Waals surface area (Å²) in [5, 5.41) is 2.44. The first-order valence-electron chi connectivity index (χ1n) is 9.77. The minimum atomic E-state index is -0.776. The zero-order chi connectivity index (χ0) is 19.3. The summed E-state index contributed by atoms with van der Waals surface area (Å²) in [5.74, 6) is -0.950. The molecule has 3 aliphatic rings. The summed E-state index contributed by atoms with van der Waals surface area (Å²) in [6, 6.07) is 16.6. The predicted molar refractivity (Wildman–Crippen MR) is 107 cm³/mol. The maximum absolute atomic E-state index is 13.5. The minimum Gasteiger partial charge on any atom is -0.273 e. The summed E-state index contributed by atoms with van der Waals surface area (Å²) in [4.78, 5) is 34.2. The molecule has 2 aliphatic heterocycles. The monoisotopic (exact) mass is 396 g/mol. The van der Waals surface area contributed by atoms with Crippen molar-refractivity contribution >= 4 is 34.8 Å². The van der Waals surface area contributed by atoms with E-state index in [-0.39, 0.29) is 11.8 Å². The number of fused-ring (bicyclic) bond motifs is 2. The molecule has 5 nitrogen and oxygen atoms in total. The molecular formula is C22H21ClN2O3. The minimum absolute atomic E-state index is 0.169. The van der Waals surface area contributed by atoms with Gasteiger partial charge in [0.25, 0.3) is 5.91 Å². The molecule has 2 amide bonds. The molecule has 2 aromatic carbocycles. The molecule has 2 saturated heterocycles. The molecule has 3 fully saturated rings. The van der Waals surface area contributed by atoms with Crippen LogP contribution >= 0.6 is 11.6 Å². The molecule has 0 radical (unpaired) electrons. The summed E-state index contributed by atoms with van der Waals surface area (Å²) in [7, 11) is 0. The van der Waals surface area contributed by atoms with Gasteiger partial charge < -0.3 is 0 Å². The van der Waals surface area contributed by atoms with Crippen LogP contribution in [0.25, 0.3) is 0 Å². The van der Waals surface area contributed by atoms with Crippen molar-refractivity contribution in [2.75, 3.05) is 9.96 Å². The van der Waals surface area contributed by atoms with Gasteiger partial charge in [0.05, 0.1) is 16.9 Å². The van der Waals surface area contributed by atoms with Gasteiger partial charge in [0, 0.05) is 5.02 Å². The highest BCUT2D eigenvalue weighted by atomic mass is 35.5. The average molecular weight is 397 g/mol. The second kappa shape index (κ2) is 6.61. The molecule has 2 atom stereocenters. The van der Waals surface area contributed by atoms with Crippen molar-refractivity contribution in [3.8, 4) is 0 Å². The third-order valence-corrected chi connectivity index (χ3v) is 6.50. The van der Waals surface area contributed by atoms with Gasteiger partial charge in [-0.05, 0) is 49.2 Å². The van der Waals surface area contributed by atoms with Crippen molar-refractivity contribution in [1.29, 1.82) is 0 Å². The fraction of sp³-hybridized carbons (Fsp3) is 0.364. The Morgan fingerprint density at radius 3 is 2.21 bits per heavy atom. The first-order valence-corrected chi connectivity index (χ1v) is 10.2. The second-order valence-corrected chi connectivity index (χ2v) is 8.22. The van der Waals surface area contributed by atoms with Crippen LogP contribution in [0.4, 0.5) is 11.4 Å². The maximum atomic E-state index is 13.5. The Hall–Kier alpha value is -2.37. The molecule has 1 aliphatic carbocycles. The Morgan fingerprint density at radius 1 is 0.857 bits per heavy atom. The van der Waals surface area contributed by atoms with Gasteiger partial charge in [-0.25, -0.2) is 9.96 Å². The number of imide groups is 1. The number of hydrogen-bond donors (Lipinski definition) is 0. The van der Waals surface area contributed by atoms with E-state index >= 15 is 0 Å². The largest absolute Gasteiger partial charge is 0.273 e. The third kappa shape index (κ3) is 2.50. The Morgan fingerprint density at radius 2 is 1.54 bits per heavy atom. The molecule has 1 spiro atoms. The SMILES string of the molecule is O=C1[C@@H]2[C@@H](ON(c3ccccc3)C23CCCCC3)C(=O)N1c1ccc(Cl)cc1. The quantitative estimate of drug-likeness (QED) is 0.708. The van der Waals surface area contributed by atoms with Gasteiger partial charge in [-0.2, -0.15) is 0 Å². The fourth-order valence-electron chi connectivity index (χ4n) is 5.01. The standard InChI is InChI=1S/C22H21ClN2O3/c23-15-9-11-16(12-10-15)24-20(26)18-19(21(24)27)28-25(17-7-3-1-4-8-17)22(18)13-5-2-6-14-22/h1,3-4,7-12,18-19H,2,5-6,13-14H2/t18-,19+/m0/s1. The van der Waals surface area contributed by atoms with Gasteiger partial charge in [0.2, 0.25) is 5.91 Å². The van der Waals surface area contributed by atoms with Crippen molar-refractivity contribution in [2.45, 2.75) is 43.7 Å². The van der Waals surface area contributed by atoms with Crippen LogP contribution in [0.3, 0.4) is 0 Å². The highest BCUT2D eigenvalue weighted by Gasteiger charge is 2.66. The lowest BCUT2D eigenvalue weighted by Crippen LogP contribution is -2.53. The molecular weight excluding hydrogens is 376 g/mol. The van der Waals surface area contributed by atoms with Crippen LogP contribution in [-0.4, -0.2) is 23.5 Å². The number of halogens is 1. The Balaban J connectivity index is 1.56. The second-order valence-electron chi connectivity index (χ2n) is 7.79. The van der Waals surface area contributed by atoms with Gasteiger partial charge in [0.1, 0.15) is 5.92 Å². The van der Waals surface area contributed by atoms with Crippen LogP contribution in [0.15, 0.2) is 54.6 Å². The molecule has 28 heavy (non-hydrogen) atoms.